The molecule has 3 rings (SSSR count). The summed E-state index contributed by atoms with van der Waals surface area (Å²) < 4.78 is 0. The molecule has 21 heavy (non-hydrogen) atoms. The molecule has 1 aromatic heterocycles. The number of carbonyl (C=O) groups excluding carboxylic acids is 1. The predicted molar refractivity (Wildman–Crippen MR) is 83.9 cm³/mol. The summed E-state index contributed by atoms with van der Waals surface area (Å²) in [5.74, 6) is 0.190. The van der Waals surface area contributed by atoms with Crippen LogP contribution in [0.25, 0.3) is 10.8 Å². The van der Waals surface area contributed by atoms with E-state index in [0.29, 0.717) is 6.04 Å². The van der Waals surface area contributed by atoms with Crippen molar-refractivity contribution in [1.29, 1.82) is 0 Å². The van der Waals surface area contributed by atoms with E-state index in [-0.39, 0.29) is 5.91 Å². The molecule has 4 nitrogen and oxygen atoms in total. The highest BCUT2D eigenvalue weighted by molar-refractivity contribution is 5.84. The smallest absolute Gasteiger partial charge is 0.219 e. The van der Waals surface area contributed by atoms with Gasteiger partial charge in [0, 0.05) is 50.4 Å². The lowest BCUT2D eigenvalue weighted by molar-refractivity contribution is -0.129. The summed E-state index contributed by atoms with van der Waals surface area (Å²) in [4.78, 5) is 17.4. The highest BCUT2D eigenvalue weighted by Gasteiger charge is 2.20. The zero-order valence-corrected chi connectivity index (χ0v) is 12.4. The molecule has 1 aliphatic rings. The Morgan fingerprint density at radius 2 is 2.14 bits per heavy atom. The van der Waals surface area contributed by atoms with E-state index in [0.717, 1.165) is 32.5 Å². The zero-order chi connectivity index (χ0) is 14.7. The number of hydrogen-bond acceptors (Lipinski definition) is 3. The number of nitrogens with one attached hydrogen (secondary N) is 1. The summed E-state index contributed by atoms with van der Waals surface area (Å²) in [6.07, 6.45) is 5.82. The lowest BCUT2D eigenvalue weighted by Gasteiger charge is -2.31. The van der Waals surface area contributed by atoms with Gasteiger partial charge in [-0.15, -0.1) is 0 Å². The van der Waals surface area contributed by atoms with Crippen molar-refractivity contribution in [3.63, 3.8) is 0 Å². The number of nitrogens with zero attached hydrogens (tertiary/aromatic N) is 2. The Balaban J connectivity index is 1.61. The molecule has 1 saturated heterocycles. The number of piperidine rings is 1. The third-order valence-electron chi connectivity index (χ3n) is 4.29. The van der Waals surface area contributed by atoms with Crippen LogP contribution in [0.4, 0.5) is 0 Å². The molecular formula is C17H21N3O. The first-order chi connectivity index (χ1) is 10.2. The molecule has 0 atom stereocenters. The topological polar surface area (TPSA) is 45.2 Å². The summed E-state index contributed by atoms with van der Waals surface area (Å²) in [6, 6.07) is 8.92. The molecule has 1 aromatic carbocycles. The highest BCUT2D eigenvalue weighted by Crippen LogP contribution is 2.18. The second kappa shape index (κ2) is 6.22. The maximum absolute atomic E-state index is 11.3. The molecule has 110 valence electrons. The molecule has 4 heteroatoms. The Bertz CT molecular complexity index is 627. The van der Waals surface area contributed by atoms with Crippen LogP contribution in [0, 0.1) is 0 Å². The van der Waals surface area contributed by atoms with Crippen molar-refractivity contribution in [3.05, 3.63) is 42.2 Å². The van der Waals surface area contributed by atoms with E-state index in [1.54, 1.807) is 6.92 Å². The number of pyridine rings is 1. The third kappa shape index (κ3) is 3.22. The van der Waals surface area contributed by atoms with Gasteiger partial charge in [0.25, 0.3) is 0 Å². The molecule has 1 amide bonds. The van der Waals surface area contributed by atoms with Gasteiger partial charge in [0.05, 0.1) is 0 Å². The van der Waals surface area contributed by atoms with Crippen molar-refractivity contribution in [1.82, 2.24) is 15.2 Å². The van der Waals surface area contributed by atoms with E-state index < -0.39 is 0 Å². The summed E-state index contributed by atoms with van der Waals surface area (Å²) >= 11 is 0. The number of benzene rings is 1. The van der Waals surface area contributed by atoms with E-state index in [2.05, 4.69) is 34.6 Å². The van der Waals surface area contributed by atoms with Crippen molar-refractivity contribution < 1.29 is 4.79 Å². The minimum atomic E-state index is 0.190. The first-order valence-corrected chi connectivity index (χ1v) is 7.54. The van der Waals surface area contributed by atoms with Crippen molar-refractivity contribution in [2.24, 2.45) is 0 Å². The molecule has 0 spiro atoms. The van der Waals surface area contributed by atoms with Gasteiger partial charge in [-0.3, -0.25) is 9.78 Å². The number of likely N-dealkylation sites (tertiary alicyclic amines) is 1. The lowest BCUT2D eigenvalue weighted by Crippen LogP contribution is -2.43. The second-order valence-corrected chi connectivity index (χ2v) is 5.68. The zero-order valence-electron chi connectivity index (χ0n) is 12.4. The van der Waals surface area contributed by atoms with Crippen LogP contribution >= 0.6 is 0 Å². The average molecular weight is 283 g/mol. The van der Waals surface area contributed by atoms with Crippen LogP contribution in [0.3, 0.4) is 0 Å². The van der Waals surface area contributed by atoms with Gasteiger partial charge in [-0.2, -0.15) is 0 Å². The molecule has 0 radical (unpaired) electrons. The number of carbonyl (C=O) groups is 1. The molecule has 0 bridgehead atoms. The van der Waals surface area contributed by atoms with E-state index >= 15 is 0 Å². The van der Waals surface area contributed by atoms with Crippen LogP contribution in [0.2, 0.25) is 0 Å². The van der Waals surface area contributed by atoms with Crippen LogP contribution in [0.5, 0.6) is 0 Å². The molecule has 0 saturated carbocycles. The summed E-state index contributed by atoms with van der Waals surface area (Å²) in [7, 11) is 0. The molecule has 2 heterocycles. The number of fused-ring (bicyclic) bond motifs is 1. The van der Waals surface area contributed by atoms with Gasteiger partial charge in [-0.05, 0) is 29.9 Å². The minimum Gasteiger partial charge on any atom is -0.343 e. The highest BCUT2D eigenvalue weighted by atomic mass is 16.2. The number of hydrogen-bond donors (Lipinski definition) is 1. The Morgan fingerprint density at radius 3 is 2.90 bits per heavy atom. The maximum atomic E-state index is 11.3. The first-order valence-electron chi connectivity index (χ1n) is 7.54. The van der Waals surface area contributed by atoms with Crippen LogP contribution in [0.15, 0.2) is 36.7 Å². The Labute approximate surface area is 125 Å². The van der Waals surface area contributed by atoms with Crippen molar-refractivity contribution in [3.8, 4) is 0 Å². The summed E-state index contributed by atoms with van der Waals surface area (Å²) in [6.45, 7) is 4.25. The van der Waals surface area contributed by atoms with E-state index in [1.165, 1.54) is 16.3 Å². The summed E-state index contributed by atoms with van der Waals surface area (Å²) in [5, 5.41) is 6.08. The number of rotatable bonds is 3. The quantitative estimate of drug-likeness (QED) is 0.940. The molecule has 1 aliphatic heterocycles. The lowest BCUT2D eigenvalue weighted by atomic mass is 10.0. The molecule has 0 unspecified atom stereocenters. The SMILES string of the molecule is CC(=O)N1CCC(NCc2cccc3cnccc23)CC1. The van der Waals surface area contributed by atoms with Gasteiger partial charge in [0.15, 0.2) is 0 Å². The second-order valence-electron chi connectivity index (χ2n) is 5.68. The van der Waals surface area contributed by atoms with E-state index in [1.807, 2.05) is 17.3 Å². The third-order valence-corrected chi connectivity index (χ3v) is 4.29. The van der Waals surface area contributed by atoms with Crippen LogP contribution in [-0.2, 0) is 11.3 Å². The first kappa shape index (κ1) is 14.0. The fourth-order valence-electron chi connectivity index (χ4n) is 3.00. The Hall–Kier alpha value is -1.94. The van der Waals surface area contributed by atoms with Gasteiger partial charge >= 0.3 is 0 Å². The Kier molecular flexibility index (Phi) is 4.15. The fraction of sp³-hybridized carbons (Fsp3) is 0.412. The van der Waals surface area contributed by atoms with Crippen molar-refractivity contribution in [2.75, 3.05) is 13.1 Å². The minimum absolute atomic E-state index is 0.190. The summed E-state index contributed by atoms with van der Waals surface area (Å²) in [5.41, 5.74) is 1.31. The van der Waals surface area contributed by atoms with Gasteiger partial charge in [0.1, 0.15) is 0 Å². The largest absolute Gasteiger partial charge is 0.343 e. The predicted octanol–water partition coefficient (Wildman–Crippen LogP) is 2.34. The van der Waals surface area contributed by atoms with Crippen LogP contribution < -0.4 is 5.32 Å². The normalized spacial score (nSPS) is 16.3. The van der Waals surface area contributed by atoms with Gasteiger partial charge in [-0.25, -0.2) is 0 Å². The van der Waals surface area contributed by atoms with Gasteiger partial charge in [-0.1, -0.05) is 18.2 Å². The number of amides is 1. The molecule has 1 fully saturated rings. The molecular weight excluding hydrogens is 262 g/mol. The molecule has 2 aromatic rings. The standard InChI is InChI=1S/C17H21N3O/c1-13(21)20-9-6-16(7-10-20)19-12-15-4-2-3-14-11-18-8-5-17(14)15/h2-5,8,11,16,19H,6-7,9-10,12H2,1H3. The monoisotopic (exact) mass is 283 g/mol. The number of aromatic nitrogens is 1. The van der Waals surface area contributed by atoms with E-state index in [9.17, 15) is 4.79 Å². The van der Waals surface area contributed by atoms with Crippen LogP contribution in [-0.4, -0.2) is 34.9 Å². The van der Waals surface area contributed by atoms with Crippen LogP contribution in [0.1, 0.15) is 25.3 Å². The fourth-order valence-corrected chi connectivity index (χ4v) is 3.00. The van der Waals surface area contributed by atoms with Crippen molar-refractivity contribution in [2.45, 2.75) is 32.4 Å². The molecule has 1 N–H and O–H groups in total. The van der Waals surface area contributed by atoms with Gasteiger partial charge in [0.2, 0.25) is 5.91 Å². The average Bonchev–Trinajstić information content (AvgIpc) is 2.53. The van der Waals surface area contributed by atoms with Crippen molar-refractivity contribution >= 4 is 16.7 Å². The molecule has 0 aliphatic carbocycles. The Morgan fingerprint density at radius 1 is 1.33 bits per heavy atom. The van der Waals surface area contributed by atoms with Gasteiger partial charge < -0.3 is 10.2 Å². The van der Waals surface area contributed by atoms with E-state index in [4.69, 9.17) is 0 Å². The maximum Gasteiger partial charge on any atom is 0.219 e.